The molecule has 1 aromatic heterocycles. The van der Waals surface area contributed by atoms with Gasteiger partial charge >= 0.3 is 11.6 Å². The number of sulfonamides is 1. The summed E-state index contributed by atoms with van der Waals surface area (Å²) >= 11 is 0. The Bertz CT molecular complexity index is 1570. The smallest absolute Gasteiger partial charge is 0.344 e. The maximum Gasteiger partial charge on any atom is 0.344 e. The fourth-order valence-corrected chi connectivity index (χ4v) is 5.22. The average molecular weight is 494 g/mol. The second-order valence-corrected chi connectivity index (χ2v) is 10.4. The van der Waals surface area contributed by atoms with Crippen LogP contribution in [0.2, 0.25) is 0 Å². The van der Waals surface area contributed by atoms with Crippen LogP contribution in [0.4, 0.5) is 0 Å². The van der Waals surface area contributed by atoms with Crippen LogP contribution in [0.5, 0.6) is 5.75 Å². The Balaban J connectivity index is 1.68. The molecule has 8 heteroatoms. The van der Waals surface area contributed by atoms with E-state index in [-0.39, 0.29) is 16.6 Å². The molecule has 0 aliphatic rings. The first-order valence-electron chi connectivity index (χ1n) is 11.4. The Morgan fingerprint density at radius 2 is 1.63 bits per heavy atom. The largest absolute Gasteiger partial charge is 0.425 e. The molecule has 0 aliphatic heterocycles. The summed E-state index contributed by atoms with van der Waals surface area (Å²) in [5, 5.41) is 1.92. The van der Waals surface area contributed by atoms with Crippen molar-refractivity contribution >= 4 is 37.7 Å². The molecule has 1 N–H and O–H groups in total. The summed E-state index contributed by atoms with van der Waals surface area (Å²) in [6, 6.07) is 15.8. The number of esters is 1. The van der Waals surface area contributed by atoms with Crippen LogP contribution in [0.25, 0.3) is 21.7 Å². The Morgan fingerprint density at radius 3 is 2.29 bits per heavy atom. The summed E-state index contributed by atoms with van der Waals surface area (Å²) in [6.07, 6.45) is 0.549. The zero-order valence-electron chi connectivity index (χ0n) is 20.0. The number of fused-ring (bicyclic) bond motifs is 3. The first-order chi connectivity index (χ1) is 16.6. The SMILES string of the molecule is CCC(C)C(NS(=O)(=O)c1ccc(C)cc1)C(=O)Oc1ccc2c(oc(=O)c3ccccc32)c1C. The van der Waals surface area contributed by atoms with E-state index >= 15 is 0 Å². The number of nitrogens with one attached hydrogen (secondary N) is 1. The molecule has 182 valence electrons. The fourth-order valence-electron chi connectivity index (χ4n) is 3.93. The highest BCUT2D eigenvalue weighted by Gasteiger charge is 2.32. The number of hydrogen-bond donors (Lipinski definition) is 1. The third-order valence-electron chi connectivity index (χ3n) is 6.28. The number of hydrogen-bond acceptors (Lipinski definition) is 6. The lowest BCUT2D eigenvalue weighted by Gasteiger charge is -2.23. The van der Waals surface area contributed by atoms with Gasteiger partial charge in [-0.3, -0.25) is 0 Å². The lowest BCUT2D eigenvalue weighted by atomic mass is 10.0. The van der Waals surface area contributed by atoms with Gasteiger partial charge in [-0.15, -0.1) is 0 Å². The molecule has 4 aromatic rings. The van der Waals surface area contributed by atoms with Crippen LogP contribution >= 0.6 is 0 Å². The quantitative estimate of drug-likeness (QED) is 0.171. The van der Waals surface area contributed by atoms with E-state index in [2.05, 4.69) is 4.72 Å². The van der Waals surface area contributed by atoms with Gasteiger partial charge in [0.15, 0.2) is 0 Å². The van der Waals surface area contributed by atoms with Crippen molar-refractivity contribution in [2.24, 2.45) is 5.92 Å². The molecule has 3 aromatic carbocycles. The molecule has 2 unspecified atom stereocenters. The van der Waals surface area contributed by atoms with Crippen molar-refractivity contribution in [3.05, 3.63) is 82.2 Å². The van der Waals surface area contributed by atoms with Gasteiger partial charge in [-0.25, -0.2) is 18.0 Å². The van der Waals surface area contributed by atoms with Crippen LogP contribution in [-0.4, -0.2) is 20.4 Å². The number of carbonyl (C=O) groups excluding carboxylic acids is 1. The lowest BCUT2D eigenvalue weighted by Crippen LogP contribution is -2.47. The van der Waals surface area contributed by atoms with E-state index in [0.29, 0.717) is 23.0 Å². The standard InChI is InChI=1S/C27H27NO6S/c1-5-17(3)24(28-35(31,32)19-12-10-16(2)11-13-19)27(30)33-23-15-14-21-20-8-6-7-9-22(20)26(29)34-25(21)18(23)4/h6-15,17,24,28H,5H2,1-4H3. The van der Waals surface area contributed by atoms with Gasteiger partial charge in [0.05, 0.1) is 10.3 Å². The molecule has 0 bridgehead atoms. The third kappa shape index (κ3) is 4.85. The molecular formula is C27H27NO6S. The van der Waals surface area contributed by atoms with Gasteiger partial charge in [0.2, 0.25) is 10.0 Å². The Morgan fingerprint density at radius 1 is 0.971 bits per heavy atom. The minimum atomic E-state index is -3.95. The fraction of sp³-hybridized carbons (Fsp3) is 0.259. The zero-order valence-corrected chi connectivity index (χ0v) is 20.8. The maximum atomic E-state index is 13.2. The number of carbonyl (C=O) groups is 1. The Kier molecular flexibility index (Phi) is 6.78. The predicted octanol–water partition coefficient (Wildman–Crippen LogP) is 4.86. The molecule has 0 radical (unpaired) electrons. The van der Waals surface area contributed by atoms with Gasteiger partial charge in [0.25, 0.3) is 0 Å². The molecule has 35 heavy (non-hydrogen) atoms. The molecule has 0 amide bonds. The van der Waals surface area contributed by atoms with Crippen LogP contribution in [0.15, 0.2) is 74.8 Å². The molecule has 1 heterocycles. The summed E-state index contributed by atoms with van der Waals surface area (Å²) in [7, 11) is -3.95. The normalized spacial score (nSPS) is 13.6. The van der Waals surface area contributed by atoms with E-state index in [1.807, 2.05) is 26.0 Å². The Labute approximate surface area is 203 Å². The predicted molar refractivity (Wildman–Crippen MR) is 135 cm³/mol. The van der Waals surface area contributed by atoms with E-state index in [4.69, 9.17) is 9.15 Å². The molecular weight excluding hydrogens is 466 g/mol. The zero-order chi connectivity index (χ0) is 25.3. The molecule has 7 nitrogen and oxygen atoms in total. The molecule has 0 aliphatic carbocycles. The highest BCUT2D eigenvalue weighted by Crippen LogP contribution is 2.31. The third-order valence-corrected chi connectivity index (χ3v) is 7.74. The van der Waals surface area contributed by atoms with Gasteiger partial charge in [0.1, 0.15) is 17.4 Å². The van der Waals surface area contributed by atoms with Crippen molar-refractivity contribution in [3.8, 4) is 5.75 Å². The van der Waals surface area contributed by atoms with Crippen LogP contribution < -0.4 is 15.1 Å². The summed E-state index contributed by atoms with van der Waals surface area (Å²) in [5.74, 6) is -0.866. The van der Waals surface area contributed by atoms with Crippen LogP contribution in [-0.2, 0) is 14.8 Å². The number of rotatable bonds is 7. The Hall–Kier alpha value is -3.49. The molecule has 0 spiro atoms. The molecule has 0 saturated heterocycles. The summed E-state index contributed by atoms with van der Waals surface area (Å²) in [5.41, 5.74) is 1.23. The van der Waals surface area contributed by atoms with Gasteiger partial charge in [-0.05, 0) is 55.5 Å². The highest BCUT2D eigenvalue weighted by atomic mass is 32.2. The van der Waals surface area contributed by atoms with Crippen LogP contribution in [0.3, 0.4) is 0 Å². The molecule has 2 atom stereocenters. The molecule has 0 fully saturated rings. The van der Waals surface area contributed by atoms with Crippen molar-refractivity contribution < 1.29 is 22.4 Å². The van der Waals surface area contributed by atoms with E-state index in [0.717, 1.165) is 16.3 Å². The van der Waals surface area contributed by atoms with Gasteiger partial charge in [0, 0.05) is 10.9 Å². The monoisotopic (exact) mass is 493 g/mol. The number of benzene rings is 3. The molecule has 0 saturated carbocycles. The van der Waals surface area contributed by atoms with E-state index < -0.39 is 27.7 Å². The van der Waals surface area contributed by atoms with Crippen molar-refractivity contribution in [2.45, 2.75) is 45.1 Å². The topological polar surface area (TPSA) is 103 Å². The first-order valence-corrected chi connectivity index (χ1v) is 12.9. The number of aryl methyl sites for hydroxylation is 2. The van der Waals surface area contributed by atoms with E-state index in [1.54, 1.807) is 50.2 Å². The van der Waals surface area contributed by atoms with E-state index in [1.165, 1.54) is 12.1 Å². The molecule has 4 rings (SSSR count). The van der Waals surface area contributed by atoms with Gasteiger partial charge in [-0.1, -0.05) is 56.2 Å². The second kappa shape index (κ2) is 9.64. The minimum absolute atomic E-state index is 0.0692. The van der Waals surface area contributed by atoms with Crippen LogP contribution in [0.1, 0.15) is 31.4 Å². The first kappa shape index (κ1) is 24.6. The van der Waals surface area contributed by atoms with Crippen molar-refractivity contribution in [1.82, 2.24) is 4.72 Å². The highest BCUT2D eigenvalue weighted by molar-refractivity contribution is 7.89. The van der Waals surface area contributed by atoms with Gasteiger partial charge < -0.3 is 9.15 Å². The maximum absolute atomic E-state index is 13.2. The minimum Gasteiger partial charge on any atom is -0.425 e. The lowest BCUT2D eigenvalue weighted by molar-refractivity contribution is -0.137. The van der Waals surface area contributed by atoms with Gasteiger partial charge in [-0.2, -0.15) is 4.72 Å². The second-order valence-electron chi connectivity index (χ2n) is 8.72. The summed E-state index contributed by atoms with van der Waals surface area (Å²) in [6.45, 7) is 7.20. The number of ether oxygens (including phenoxy) is 1. The van der Waals surface area contributed by atoms with E-state index in [9.17, 15) is 18.0 Å². The van der Waals surface area contributed by atoms with Crippen LogP contribution in [0, 0.1) is 19.8 Å². The van der Waals surface area contributed by atoms with Crippen molar-refractivity contribution in [3.63, 3.8) is 0 Å². The summed E-state index contributed by atoms with van der Waals surface area (Å²) in [4.78, 5) is 25.7. The van der Waals surface area contributed by atoms with Crippen molar-refractivity contribution in [1.29, 1.82) is 0 Å². The summed E-state index contributed by atoms with van der Waals surface area (Å²) < 4.78 is 39.7. The van der Waals surface area contributed by atoms with Crippen molar-refractivity contribution in [2.75, 3.05) is 0 Å². The average Bonchev–Trinajstić information content (AvgIpc) is 2.84.